The smallest absolute Gasteiger partial charge is 0.308 e. The minimum absolute atomic E-state index is 0.109. The normalized spacial score (nSPS) is 11.6. The zero-order valence-electron chi connectivity index (χ0n) is 37.3. The van der Waals surface area contributed by atoms with Gasteiger partial charge in [-0.2, -0.15) is 23.7 Å². The predicted molar refractivity (Wildman–Crippen MR) is 277 cm³/mol. The lowest BCUT2D eigenvalue weighted by molar-refractivity contribution is -0.137. The van der Waals surface area contributed by atoms with Crippen LogP contribution in [0.25, 0.3) is 111 Å². The number of rotatable bonds is 7. The summed E-state index contributed by atoms with van der Waals surface area (Å²) in [5.41, 5.74) is 11.3. The van der Waals surface area contributed by atoms with Gasteiger partial charge in [0, 0.05) is 21.5 Å². The molecular formula is C63H37F3N4. The van der Waals surface area contributed by atoms with Crippen LogP contribution in [-0.4, -0.2) is 9.13 Å². The summed E-state index contributed by atoms with van der Waals surface area (Å²) in [7, 11) is 0. The van der Waals surface area contributed by atoms with Crippen LogP contribution < -0.4 is 0 Å². The van der Waals surface area contributed by atoms with E-state index in [1.165, 1.54) is 12.1 Å². The van der Waals surface area contributed by atoms with Gasteiger partial charge in [-0.05, 0) is 128 Å². The van der Waals surface area contributed by atoms with E-state index in [0.717, 1.165) is 94.2 Å². The van der Waals surface area contributed by atoms with Crippen LogP contribution >= 0.6 is 0 Å². The summed E-state index contributed by atoms with van der Waals surface area (Å²) in [6.07, 6.45) is -4.81. The Bertz CT molecular complexity index is 3690. The lowest BCUT2D eigenvalue weighted by Crippen LogP contribution is -2.09. The molecule has 0 amide bonds. The summed E-state index contributed by atoms with van der Waals surface area (Å²) < 4.78 is 50.0. The first kappa shape index (κ1) is 42.0. The standard InChI is InChI=1S/C63H37F3N4/c64-63(65,66)56-31-40(38-67)21-26-50(56)49-36-61(69-57-27-22-45(41-13-5-1-6-14-41)32-51(57)52-33-46(23-28-58(52)69)42-15-7-2-8-16-42)55(39-68)62(37-49)70-59-29-24-47(43-17-9-3-10-18-43)34-53(59)54-35-48(25-30-60(54)70)44-19-11-4-12-20-44/h1-37H. The van der Waals surface area contributed by atoms with Gasteiger partial charge in [-0.15, -0.1) is 0 Å². The molecule has 0 unspecified atom stereocenters. The maximum atomic E-state index is 15.3. The average molecular weight is 907 g/mol. The monoisotopic (exact) mass is 906 g/mol. The molecule has 0 saturated carbocycles. The number of halogens is 3. The van der Waals surface area contributed by atoms with Gasteiger partial charge in [0.25, 0.3) is 0 Å². The fourth-order valence-corrected chi connectivity index (χ4v) is 10.1. The number of alkyl halides is 3. The molecule has 0 radical (unpaired) electrons. The van der Waals surface area contributed by atoms with Crippen molar-refractivity contribution in [3.05, 3.63) is 241 Å². The molecule has 0 aliphatic heterocycles. The van der Waals surface area contributed by atoms with Crippen LogP contribution in [0, 0.1) is 22.7 Å². The molecule has 0 spiro atoms. The maximum Gasteiger partial charge on any atom is 0.417 e. The van der Waals surface area contributed by atoms with Crippen molar-refractivity contribution in [3.63, 3.8) is 0 Å². The molecule has 10 aromatic carbocycles. The SMILES string of the molecule is N#Cc1ccc(-c2cc(-n3c4ccc(-c5ccccc5)cc4c4cc(-c5ccccc5)ccc43)c(C#N)c(-n3c4ccc(-c5ccccc5)cc4c4cc(-c5ccccc5)ccc43)c2)c(C(F)(F)F)c1. The third-order valence-electron chi connectivity index (χ3n) is 13.4. The third kappa shape index (κ3) is 7.08. The lowest BCUT2D eigenvalue weighted by Gasteiger charge is -2.20. The molecule has 0 aliphatic carbocycles. The molecule has 2 aromatic heterocycles. The van der Waals surface area contributed by atoms with Gasteiger partial charge < -0.3 is 9.13 Å². The van der Waals surface area contributed by atoms with Gasteiger partial charge in [-0.3, -0.25) is 0 Å². The van der Waals surface area contributed by atoms with E-state index in [1.54, 1.807) is 12.1 Å². The molecule has 12 rings (SSSR count). The summed E-state index contributed by atoms with van der Waals surface area (Å²) in [6, 6.07) is 76.9. The second-order valence-corrected chi connectivity index (χ2v) is 17.4. The zero-order valence-corrected chi connectivity index (χ0v) is 37.3. The molecule has 330 valence electrons. The van der Waals surface area contributed by atoms with Crippen molar-refractivity contribution in [3.8, 4) is 79.1 Å². The Morgan fingerprint density at radius 1 is 0.329 bits per heavy atom. The summed E-state index contributed by atoms with van der Waals surface area (Å²) in [5.74, 6) is 0. The zero-order chi connectivity index (χ0) is 47.5. The van der Waals surface area contributed by atoms with Gasteiger partial charge in [0.2, 0.25) is 0 Å². The fourth-order valence-electron chi connectivity index (χ4n) is 10.1. The second-order valence-electron chi connectivity index (χ2n) is 17.4. The van der Waals surface area contributed by atoms with Gasteiger partial charge in [0.1, 0.15) is 11.6 Å². The summed E-state index contributed by atoms with van der Waals surface area (Å²) >= 11 is 0. The molecule has 0 atom stereocenters. The lowest BCUT2D eigenvalue weighted by atomic mass is 9.94. The van der Waals surface area contributed by atoms with Gasteiger partial charge in [0.15, 0.2) is 0 Å². The highest BCUT2D eigenvalue weighted by Gasteiger charge is 2.35. The van der Waals surface area contributed by atoms with Crippen molar-refractivity contribution >= 4 is 43.6 Å². The van der Waals surface area contributed by atoms with Gasteiger partial charge in [-0.1, -0.05) is 152 Å². The molecule has 0 aliphatic rings. The number of benzene rings is 10. The Morgan fingerprint density at radius 3 is 0.971 bits per heavy atom. The maximum absolute atomic E-state index is 15.3. The van der Waals surface area contributed by atoms with Crippen LogP contribution in [0.2, 0.25) is 0 Å². The van der Waals surface area contributed by atoms with E-state index in [0.29, 0.717) is 11.4 Å². The second kappa shape index (κ2) is 16.7. The Hall–Kier alpha value is -9.43. The molecule has 0 saturated heterocycles. The number of fused-ring (bicyclic) bond motifs is 6. The summed E-state index contributed by atoms with van der Waals surface area (Å²) in [6.45, 7) is 0. The molecular weight excluding hydrogens is 870 g/mol. The van der Waals surface area contributed by atoms with E-state index in [1.807, 2.05) is 137 Å². The molecule has 2 heterocycles. The molecule has 4 nitrogen and oxygen atoms in total. The third-order valence-corrected chi connectivity index (χ3v) is 13.4. The van der Waals surface area contributed by atoms with Crippen LogP contribution in [0.5, 0.6) is 0 Å². The Morgan fingerprint density at radius 2 is 0.671 bits per heavy atom. The predicted octanol–water partition coefficient (Wildman–Crippen LogP) is 17.0. The number of hydrogen-bond donors (Lipinski definition) is 0. The van der Waals surface area contributed by atoms with Crippen molar-refractivity contribution in [1.29, 1.82) is 10.5 Å². The summed E-state index contributed by atoms with van der Waals surface area (Å²) in [5, 5.41) is 25.1. The van der Waals surface area contributed by atoms with Crippen LogP contribution in [0.1, 0.15) is 16.7 Å². The van der Waals surface area contributed by atoms with Gasteiger partial charge >= 0.3 is 6.18 Å². The van der Waals surface area contributed by atoms with Crippen LogP contribution in [0.3, 0.4) is 0 Å². The highest BCUT2D eigenvalue weighted by Crippen LogP contribution is 2.45. The number of aromatic nitrogens is 2. The van der Waals surface area contributed by atoms with Crippen LogP contribution in [0.4, 0.5) is 13.2 Å². The van der Waals surface area contributed by atoms with E-state index >= 15 is 13.2 Å². The van der Waals surface area contributed by atoms with Crippen molar-refractivity contribution < 1.29 is 13.2 Å². The Balaban J connectivity index is 1.21. The Kier molecular flexibility index (Phi) is 10.0. The van der Waals surface area contributed by atoms with E-state index in [2.05, 4.69) is 78.9 Å². The summed E-state index contributed by atoms with van der Waals surface area (Å²) in [4.78, 5) is 0. The van der Waals surface area contributed by atoms with Crippen LogP contribution in [-0.2, 0) is 6.18 Å². The minimum Gasteiger partial charge on any atom is -0.308 e. The molecule has 12 aromatic rings. The number of nitrogens with zero attached hydrogens (tertiary/aromatic N) is 4. The first-order valence-electron chi connectivity index (χ1n) is 22.8. The van der Waals surface area contributed by atoms with Crippen LogP contribution in [0.15, 0.2) is 224 Å². The topological polar surface area (TPSA) is 57.4 Å². The van der Waals surface area contributed by atoms with Crippen molar-refractivity contribution in [2.45, 2.75) is 6.18 Å². The van der Waals surface area contributed by atoms with Crippen molar-refractivity contribution in [2.75, 3.05) is 0 Å². The van der Waals surface area contributed by atoms with Crippen molar-refractivity contribution in [1.82, 2.24) is 9.13 Å². The fraction of sp³-hybridized carbons (Fsp3) is 0.0159. The van der Waals surface area contributed by atoms with E-state index < -0.39 is 11.7 Å². The van der Waals surface area contributed by atoms with Gasteiger partial charge in [-0.25, -0.2) is 0 Å². The molecule has 0 bridgehead atoms. The number of hydrogen-bond acceptors (Lipinski definition) is 2. The first-order chi connectivity index (χ1) is 34.2. The van der Waals surface area contributed by atoms with Gasteiger partial charge in [0.05, 0.1) is 50.6 Å². The first-order valence-corrected chi connectivity index (χ1v) is 22.8. The van der Waals surface area contributed by atoms with E-state index in [-0.39, 0.29) is 22.3 Å². The van der Waals surface area contributed by atoms with Crippen molar-refractivity contribution in [2.24, 2.45) is 0 Å². The highest BCUT2D eigenvalue weighted by molar-refractivity contribution is 6.14. The average Bonchev–Trinajstić information content (AvgIpc) is 3.92. The quantitative estimate of drug-likeness (QED) is 0.160. The largest absolute Gasteiger partial charge is 0.417 e. The van der Waals surface area contributed by atoms with E-state index in [9.17, 15) is 10.5 Å². The number of nitriles is 2. The molecule has 70 heavy (non-hydrogen) atoms. The molecule has 7 heteroatoms. The molecule has 0 N–H and O–H groups in total. The highest BCUT2D eigenvalue weighted by atomic mass is 19.4. The minimum atomic E-state index is -4.81. The van der Waals surface area contributed by atoms with E-state index in [4.69, 9.17) is 0 Å². The molecule has 0 fully saturated rings. The Labute approximate surface area is 401 Å².